The van der Waals surface area contributed by atoms with Gasteiger partial charge >= 0.3 is 0 Å². The Labute approximate surface area is 147 Å². The van der Waals surface area contributed by atoms with Gasteiger partial charge in [-0.2, -0.15) is 5.10 Å². The minimum atomic E-state index is -0.185. The standard InChI is InChI=1S/C18H15N5OS/c1-11-7-8-14-13(9-20-23-14)16(11)22-17(24)15-10-19-18(25-15)21-12-5-3-2-4-6-12/h2-10H,1H3,(H,19,21)(H,20,23)(H,22,24). The monoisotopic (exact) mass is 349 g/mol. The molecule has 6 nitrogen and oxygen atoms in total. The number of fused-ring (bicyclic) bond motifs is 1. The molecule has 4 rings (SSSR count). The van der Waals surface area contributed by atoms with Gasteiger partial charge in [0.15, 0.2) is 5.13 Å². The van der Waals surface area contributed by atoms with Crippen molar-refractivity contribution in [3.8, 4) is 0 Å². The molecule has 3 N–H and O–H groups in total. The average molecular weight is 349 g/mol. The Morgan fingerprint density at radius 1 is 1.12 bits per heavy atom. The molecule has 0 atom stereocenters. The van der Waals surface area contributed by atoms with Crippen LogP contribution in [-0.2, 0) is 0 Å². The van der Waals surface area contributed by atoms with Gasteiger partial charge in [0, 0.05) is 11.1 Å². The maximum Gasteiger partial charge on any atom is 0.267 e. The third-order valence-electron chi connectivity index (χ3n) is 3.83. The number of thiazole rings is 1. The predicted molar refractivity (Wildman–Crippen MR) is 101 cm³/mol. The van der Waals surface area contributed by atoms with E-state index in [0.29, 0.717) is 10.0 Å². The molecular weight excluding hydrogens is 334 g/mol. The van der Waals surface area contributed by atoms with E-state index >= 15 is 0 Å². The number of aromatic amines is 1. The molecule has 4 aromatic rings. The lowest BCUT2D eigenvalue weighted by Crippen LogP contribution is -2.11. The maximum atomic E-state index is 12.6. The summed E-state index contributed by atoms with van der Waals surface area (Å²) in [4.78, 5) is 17.4. The number of aromatic nitrogens is 3. The zero-order valence-electron chi connectivity index (χ0n) is 13.4. The molecule has 0 aliphatic rings. The van der Waals surface area contributed by atoms with Gasteiger partial charge in [0.05, 0.1) is 23.6 Å². The highest BCUT2D eigenvalue weighted by atomic mass is 32.1. The molecule has 0 aliphatic carbocycles. The second kappa shape index (κ2) is 6.37. The Balaban J connectivity index is 1.55. The molecule has 0 aliphatic heterocycles. The fourth-order valence-electron chi connectivity index (χ4n) is 2.55. The second-order valence-corrected chi connectivity index (χ2v) is 6.59. The quantitative estimate of drug-likeness (QED) is 0.512. The number of H-pyrrole nitrogens is 1. The van der Waals surface area contributed by atoms with E-state index in [0.717, 1.165) is 27.8 Å². The first-order chi connectivity index (χ1) is 12.2. The van der Waals surface area contributed by atoms with Crippen LogP contribution in [0.2, 0.25) is 0 Å². The van der Waals surface area contributed by atoms with E-state index in [1.54, 1.807) is 12.4 Å². The summed E-state index contributed by atoms with van der Waals surface area (Å²) in [5, 5.41) is 14.7. The van der Waals surface area contributed by atoms with E-state index in [1.807, 2.05) is 49.4 Å². The van der Waals surface area contributed by atoms with Crippen molar-refractivity contribution in [2.75, 3.05) is 10.6 Å². The molecule has 7 heteroatoms. The van der Waals surface area contributed by atoms with Crippen LogP contribution in [0.15, 0.2) is 54.9 Å². The molecule has 0 unspecified atom stereocenters. The molecule has 0 bridgehead atoms. The van der Waals surface area contributed by atoms with Crippen LogP contribution in [0.3, 0.4) is 0 Å². The van der Waals surface area contributed by atoms with Crippen molar-refractivity contribution in [3.63, 3.8) is 0 Å². The van der Waals surface area contributed by atoms with Crippen molar-refractivity contribution < 1.29 is 4.79 Å². The molecule has 0 radical (unpaired) electrons. The zero-order chi connectivity index (χ0) is 17.2. The van der Waals surface area contributed by atoms with Crippen LogP contribution in [-0.4, -0.2) is 21.1 Å². The second-order valence-electron chi connectivity index (χ2n) is 5.56. The Kier molecular flexibility index (Phi) is 3.91. The van der Waals surface area contributed by atoms with Crippen molar-refractivity contribution in [1.82, 2.24) is 15.2 Å². The number of hydrogen-bond acceptors (Lipinski definition) is 5. The molecule has 2 aromatic carbocycles. The summed E-state index contributed by atoms with van der Waals surface area (Å²) in [5.41, 5.74) is 3.57. The minimum absolute atomic E-state index is 0.185. The lowest BCUT2D eigenvalue weighted by molar-refractivity contribution is 0.103. The summed E-state index contributed by atoms with van der Waals surface area (Å²) >= 11 is 1.31. The van der Waals surface area contributed by atoms with Gasteiger partial charge in [-0.15, -0.1) is 0 Å². The van der Waals surface area contributed by atoms with E-state index in [2.05, 4.69) is 25.8 Å². The highest BCUT2D eigenvalue weighted by Crippen LogP contribution is 2.28. The van der Waals surface area contributed by atoms with Gasteiger partial charge in [-0.05, 0) is 30.7 Å². The summed E-state index contributed by atoms with van der Waals surface area (Å²) < 4.78 is 0. The highest BCUT2D eigenvalue weighted by Gasteiger charge is 2.14. The normalized spacial score (nSPS) is 10.8. The Morgan fingerprint density at radius 3 is 2.80 bits per heavy atom. The van der Waals surface area contributed by atoms with E-state index in [4.69, 9.17) is 0 Å². The SMILES string of the molecule is Cc1ccc2[nH]ncc2c1NC(=O)c1cnc(Nc2ccccc2)s1. The lowest BCUT2D eigenvalue weighted by atomic mass is 10.1. The Bertz CT molecular complexity index is 1040. The van der Waals surface area contributed by atoms with Gasteiger partial charge in [0.1, 0.15) is 4.88 Å². The number of nitrogens with one attached hydrogen (secondary N) is 3. The van der Waals surface area contributed by atoms with Gasteiger partial charge in [0.2, 0.25) is 0 Å². The molecule has 1 amide bonds. The topological polar surface area (TPSA) is 82.7 Å². The summed E-state index contributed by atoms with van der Waals surface area (Å²) in [6.07, 6.45) is 3.29. The fourth-order valence-corrected chi connectivity index (χ4v) is 3.28. The Hall–Kier alpha value is -3.19. The van der Waals surface area contributed by atoms with Gasteiger partial charge in [-0.3, -0.25) is 9.89 Å². The number of carbonyl (C=O) groups is 1. The van der Waals surface area contributed by atoms with E-state index in [1.165, 1.54) is 11.3 Å². The zero-order valence-corrected chi connectivity index (χ0v) is 14.2. The lowest BCUT2D eigenvalue weighted by Gasteiger charge is -2.08. The van der Waals surface area contributed by atoms with Crippen molar-refractivity contribution in [2.24, 2.45) is 0 Å². The first-order valence-electron chi connectivity index (χ1n) is 7.72. The van der Waals surface area contributed by atoms with Gasteiger partial charge < -0.3 is 10.6 Å². The molecule has 0 spiro atoms. The minimum Gasteiger partial charge on any atom is -0.332 e. The third kappa shape index (κ3) is 3.09. The number of para-hydroxylation sites is 1. The van der Waals surface area contributed by atoms with Gasteiger partial charge in [-0.25, -0.2) is 4.98 Å². The van der Waals surface area contributed by atoms with Crippen LogP contribution < -0.4 is 10.6 Å². The maximum absolute atomic E-state index is 12.6. The predicted octanol–water partition coefficient (Wildman–Crippen LogP) is 4.32. The van der Waals surface area contributed by atoms with E-state index in [-0.39, 0.29) is 5.91 Å². The number of amides is 1. The number of benzene rings is 2. The van der Waals surface area contributed by atoms with Crippen LogP contribution in [0, 0.1) is 6.92 Å². The molecule has 0 fully saturated rings. The first kappa shape index (κ1) is 15.3. The van der Waals surface area contributed by atoms with Gasteiger partial charge in [-0.1, -0.05) is 35.6 Å². The summed E-state index contributed by atoms with van der Waals surface area (Å²) in [7, 11) is 0. The van der Waals surface area contributed by atoms with Crippen molar-refractivity contribution >= 4 is 44.7 Å². The van der Waals surface area contributed by atoms with Crippen LogP contribution in [0.5, 0.6) is 0 Å². The van der Waals surface area contributed by atoms with Crippen molar-refractivity contribution in [1.29, 1.82) is 0 Å². The molecular formula is C18H15N5OS. The average Bonchev–Trinajstić information content (AvgIpc) is 3.27. The number of hydrogen-bond donors (Lipinski definition) is 3. The molecule has 2 heterocycles. The smallest absolute Gasteiger partial charge is 0.267 e. The van der Waals surface area contributed by atoms with Crippen LogP contribution in [0.25, 0.3) is 10.9 Å². The summed E-state index contributed by atoms with van der Waals surface area (Å²) in [5.74, 6) is -0.185. The Morgan fingerprint density at radius 2 is 1.96 bits per heavy atom. The van der Waals surface area contributed by atoms with Gasteiger partial charge in [0.25, 0.3) is 5.91 Å². The van der Waals surface area contributed by atoms with Crippen molar-refractivity contribution in [2.45, 2.75) is 6.92 Å². The largest absolute Gasteiger partial charge is 0.332 e. The summed E-state index contributed by atoms with van der Waals surface area (Å²) in [6.45, 7) is 1.96. The number of rotatable bonds is 4. The highest BCUT2D eigenvalue weighted by molar-refractivity contribution is 7.17. The van der Waals surface area contributed by atoms with E-state index in [9.17, 15) is 4.79 Å². The van der Waals surface area contributed by atoms with Crippen LogP contribution in [0.1, 0.15) is 15.2 Å². The fraction of sp³-hybridized carbons (Fsp3) is 0.0556. The first-order valence-corrected chi connectivity index (χ1v) is 8.54. The summed E-state index contributed by atoms with van der Waals surface area (Å²) in [6, 6.07) is 13.6. The van der Waals surface area contributed by atoms with Crippen LogP contribution >= 0.6 is 11.3 Å². The number of carbonyl (C=O) groups excluding carboxylic acids is 1. The molecule has 124 valence electrons. The molecule has 0 saturated carbocycles. The number of nitrogens with zero attached hydrogens (tertiary/aromatic N) is 2. The van der Waals surface area contributed by atoms with Crippen molar-refractivity contribution in [3.05, 3.63) is 65.3 Å². The molecule has 0 saturated heterocycles. The molecule has 2 aromatic heterocycles. The van der Waals surface area contributed by atoms with Crippen LogP contribution in [0.4, 0.5) is 16.5 Å². The molecule has 25 heavy (non-hydrogen) atoms. The number of anilines is 3. The third-order valence-corrected chi connectivity index (χ3v) is 4.74. The number of aryl methyl sites for hydroxylation is 1. The van der Waals surface area contributed by atoms with E-state index < -0.39 is 0 Å².